The molecule has 0 saturated heterocycles. The van der Waals surface area contributed by atoms with E-state index in [4.69, 9.17) is 0 Å². The number of hydrogen-bond acceptors (Lipinski definition) is 2. The number of nitrogens with one attached hydrogen (secondary N) is 1. The maximum absolute atomic E-state index is 3.66. The van der Waals surface area contributed by atoms with Crippen LogP contribution in [-0.2, 0) is 6.54 Å². The van der Waals surface area contributed by atoms with Gasteiger partial charge in [-0.2, -0.15) is 0 Å². The molecule has 0 aromatic heterocycles. The van der Waals surface area contributed by atoms with E-state index in [0.29, 0.717) is 12.1 Å². The van der Waals surface area contributed by atoms with Crippen molar-refractivity contribution in [3.63, 3.8) is 0 Å². The van der Waals surface area contributed by atoms with Gasteiger partial charge >= 0.3 is 0 Å². The van der Waals surface area contributed by atoms with Crippen LogP contribution < -0.4 is 5.32 Å². The Kier molecular flexibility index (Phi) is 7.11. The second-order valence-electron chi connectivity index (χ2n) is 5.55. The summed E-state index contributed by atoms with van der Waals surface area (Å²) in [6.07, 6.45) is 2.38. The first-order valence-electron chi connectivity index (χ1n) is 7.58. The first-order chi connectivity index (χ1) is 9.10. The summed E-state index contributed by atoms with van der Waals surface area (Å²) in [7, 11) is 2.23. The van der Waals surface area contributed by atoms with Gasteiger partial charge in [0.15, 0.2) is 0 Å². The molecule has 0 aliphatic rings. The molecule has 0 aliphatic heterocycles. The number of benzene rings is 1. The summed E-state index contributed by atoms with van der Waals surface area (Å²) in [5.74, 6) is 0. The van der Waals surface area contributed by atoms with Gasteiger partial charge in [0.25, 0.3) is 0 Å². The topological polar surface area (TPSA) is 15.3 Å². The summed E-state index contributed by atoms with van der Waals surface area (Å²) in [4.78, 5) is 2.46. The molecule has 0 fully saturated rings. The minimum atomic E-state index is 0.552. The van der Waals surface area contributed by atoms with Gasteiger partial charge in [0.1, 0.15) is 0 Å². The van der Waals surface area contributed by atoms with Gasteiger partial charge in [-0.1, -0.05) is 38.1 Å². The summed E-state index contributed by atoms with van der Waals surface area (Å²) < 4.78 is 0. The zero-order chi connectivity index (χ0) is 14.3. The molecule has 108 valence electrons. The summed E-state index contributed by atoms with van der Waals surface area (Å²) in [5, 5.41) is 3.66. The van der Waals surface area contributed by atoms with E-state index in [2.05, 4.69) is 69.2 Å². The number of hydrogen-bond donors (Lipinski definition) is 1. The van der Waals surface area contributed by atoms with Crippen molar-refractivity contribution in [1.29, 1.82) is 0 Å². The predicted octanol–water partition coefficient (Wildman–Crippen LogP) is 3.59. The van der Waals surface area contributed by atoms with Crippen LogP contribution in [0.4, 0.5) is 0 Å². The van der Waals surface area contributed by atoms with Crippen LogP contribution in [0.3, 0.4) is 0 Å². The fourth-order valence-corrected chi connectivity index (χ4v) is 2.49. The lowest BCUT2D eigenvalue weighted by Crippen LogP contribution is -2.46. The second-order valence-corrected chi connectivity index (χ2v) is 5.55. The molecule has 0 amide bonds. The van der Waals surface area contributed by atoms with Crippen molar-refractivity contribution in [2.75, 3.05) is 13.6 Å². The van der Waals surface area contributed by atoms with E-state index in [1.165, 1.54) is 24.0 Å². The Labute approximate surface area is 119 Å². The van der Waals surface area contributed by atoms with E-state index in [1.807, 2.05) is 0 Å². The highest BCUT2D eigenvalue weighted by Crippen LogP contribution is 2.13. The molecular weight excluding hydrogens is 232 g/mol. The zero-order valence-electron chi connectivity index (χ0n) is 13.2. The SMILES string of the molecule is CCCNC(CC)C(C)N(C)Cc1ccccc1C. The lowest BCUT2D eigenvalue weighted by molar-refractivity contribution is 0.195. The van der Waals surface area contributed by atoms with E-state index >= 15 is 0 Å². The summed E-state index contributed by atoms with van der Waals surface area (Å²) in [6, 6.07) is 9.80. The van der Waals surface area contributed by atoms with Gasteiger partial charge in [-0.25, -0.2) is 0 Å². The Balaban J connectivity index is 2.60. The zero-order valence-corrected chi connectivity index (χ0v) is 13.2. The van der Waals surface area contributed by atoms with Crippen LogP contribution in [0.2, 0.25) is 0 Å². The van der Waals surface area contributed by atoms with Crippen LogP contribution >= 0.6 is 0 Å². The summed E-state index contributed by atoms with van der Waals surface area (Å²) >= 11 is 0. The highest BCUT2D eigenvalue weighted by atomic mass is 15.2. The first-order valence-corrected chi connectivity index (χ1v) is 7.58. The van der Waals surface area contributed by atoms with Crippen molar-refractivity contribution in [2.24, 2.45) is 0 Å². The average molecular weight is 262 g/mol. The maximum atomic E-state index is 3.66. The molecule has 0 spiro atoms. The molecule has 2 heteroatoms. The number of aryl methyl sites for hydroxylation is 1. The van der Waals surface area contributed by atoms with Gasteiger partial charge in [0, 0.05) is 18.6 Å². The third-order valence-electron chi connectivity index (χ3n) is 4.05. The van der Waals surface area contributed by atoms with Gasteiger partial charge in [0.05, 0.1) is 0 Å². The minimum absolute atomic E-state index is 0.552. The van der Waals surface area contributed by atoms with Gasteiger partial charge in [0.2, 0.25) is 0 Å². The molecule has 0 aliphatic carbocycles. The molecule has 2 unspecified atom stereocenters. The Morgan fingerprint density at radius 2 is 1.89 bits per heavy atom. The average Bonchev–Trinajstić information content (AvgIpc) is 2.42. The fraction of sp³-hybridized carbons (Fsp3) is 0.647. The van der Waals surface area contributed by atoms with Crippen molar-refractivity contribution < 1.29 is 0 Å². The second kappa shape index (κ2) is 8.34. The van der Waals surface area contributed by atoms with Crippen LogP contribution in [0, 0.1) is 6.92 Å². The standard InChI is InChI=1S/C17H30N2/c1-6-12-18-17(7-2)15(4)19(5)13-16-11-9-8-10-14(16)3/h8-11,15,17-18H,6-7,12-13H2,1-5H3. The van der Waals surface area contributed by atoms with Crippen LogP contribution in [0.25, 0.3) is 0 Å². The Morgan fingerprint density at radius 3 is 2.47 bits per heavy atom. The van der Waals surface area contributed by atoms with Crippen LogP contribution in [0.1, 0.15) is 44.7 Å². The summed E-state index contributed by atoms with van der Waals surface area (Å²) in [6.45, 7) is 11.2. The van der Waals surface area contributed by atoms with E-state index in [0.717, 1.165) is 13.1 Å². The Hall–Kier alpha value is -0.860. The molecule has 0 radical (unpaired) electrons. The summed E-state index contributed by atoms with van der Waals surface area (Å²) in [5.41, 5.74) is 2.82. The van der Waals surface area contributed by atoms with Crippen LogP contribution in [0.15, 0.2) is 24.3 Å². The molecule has 1 rings (SSSR count). The lowest BCUT2D eigenvalue weighted by Gasteiger charge is -2.32. The van der Waals surface area contributed by atoms with Gasteiger partial charge in [-0.3, -0.25) is 4.90 Å². The lowest BCUT2D eigenvalue weighted by atomic mass is 10.0. The van der Waals surface area contributed by atoms with Gasteiger partial charge in [-0.05, 0) is 51.4 Å². The van der Waals surface area contributed by atoms with E-state index in [1.54, 1.807) is 0 Å². The van der Waals surface area contributed by atoms with E-state index in [-0.39, 0.29) is 0 Å². The van der Waals surface area contributed by atoms with Crippen molar-refractivity contribution in [3.05, 3.63) is 35.4 Å². The molecule has 0 heterocycles. The smallest absolute Gasteiger partial charge is 0.0236 e. The highest BCUT2D eigenvalue weighted by Gasteiger charge is 2.19. The quantitative estimate of drug-likeness (QED) is 0.770. The highest BCUT2D eigenvalue weighted by molar-refractivity contribution is 5.25. The fourth-order valence-electron chi connectivity index (χ4n) is 2.49. The molecule has 1 aromatic rings. The largest absolute Gasteiger partial charge is 0.312 e. The van der Waals surface area contributed by atoms with Crippen LogP contribution in [-0.4, -0.2) is 30.6 Å². The first kappa shape index (κ1) is 16.2. The van der Waals surface area contributed by atoms with Crippen molar-refractivity contribution in [3.8, 4) is 0 Å². The van der Waals surface area contributed by atoms with Crippen LogP contribution in [0.5, 0.6) is 0 Å². The van der Waals surface area contributed by atoms with Crippen molar-refractivity contribution in [1.82, 2.24) is 10.2 Å². The molecule has 2 atom stereocenters. The van der Waals surface area contributed by atoms with E-state index in [9.17, 15) is 0 Å². The minimum Gasteiger partial charge on any atom is -0.312 e. The third kappa shape index (κ3) is 4.96. The Bertz CT molecular complexity index is 362. The molecule has 2 nitrogen and oxygen atoms in total. The monoisotopic (exact) mass is 262 g/mol. The molecule has 19 heavy (non-hydrogen) atoms. The molecule has 0 saturated carbocycles. The predicted molar refractivity (Wildman–Crippen MR) is 84.5 cm³/mol. The van der Waals surface area contributed by atoms with Crippen molar-refractivity contribution in [2.45, 2.75) is 59.2 Å². The molecule has 1 N–H and O–H groups in total. The molecule has 1 aromatic carbocycles. The number of likely N-dealkylation sites (N-methyl/N-ethyl adjacent to an activating group) is 1. The number of rotatable bonds is 8. The third-order valence-corrected chi connectivity index (χ3v) is 4.05. The van der Waals surface area contributed by atoms with Gasteiger partial charge < -0.3 is 5.32 Å². The maximum Gasteiger partial charge on any atom is 0.0236 e. The Morgan fingerprint density at radius 1 is 1.21 bits per heavy atom. The normalized spacial score (nSPS) is 14.6. The van der Waals surface area contributed by atoms with E-state index < -0.39 is 0 Å². The van der Waals surface area contributed by atoms with Crippen molar-refractivity contribution >= 4 is 0 Å². The van der Waals surface area contributed by atoms with Gasteiger partial charge in [-0.15, -0.1) is 0 Å². The molecule has 0 bridgehead atoms. The molecular formula is C17H30N2. The number of nitrogens with zero attached hydrogens (tertiary/aromatic N) is 1.